The number of nitrogens with two attached hydrogens (primary N) is 1. The van der Waals surface area contributed by atoms with Gasteiger partial charge in [0.15, 0.2) is 0 Å². The molecule has 0 aliphatic heterocycles. The van der Waals surface area contributed by atoms with Crippen LogP contribution in [0.1, 0.15) is 20.8 Å². The van der Waals surface area contributed by atoms with Crippen LogP contribution in [0.5, 0.6) is 0 Å². The Morgan fingerprint density at radius 3 is 2.33 bits per heavy atom. The van der Waals surface area contributed by atoms with Gasteiger partial charge in [0.2, 0.25) is 0 Å². The van der Waals surface area contributed by atoms with Gasteiger partial charge in [0.25, 0.3) is 0 Å². The second kappa shape index (κ2) is 7.90. The second-order valence-electron chi connectivity index (χ2n) is 3.08. The third-order valence-corrected chi connectivity index (χ3v) is 3.06. The number of hydrogen-bond acceptors (Lipinski definition) is 3. The summed E-state index contributed by atoms with van der Waals surface area (Å²) in [6, 6.07) is 0.340. The lowest BCUT2D eigenvalue weighted by molar-refractivity contribution is 0.324. The molecule has 74 valence electrons. The summed E-state index contributed by atoms with van der Waals surface area (Å²) < 4.78 is 0. The van der Waals surface area contributed by atoms with E-state index in [4.69, 9.17) is 5.73 Å². The van der Waals surface area contributed by atoms with Gasteiger partial charge in [-0.25, -0.2) is 0 Å². The molecule has 0 aromatic heterocycles. The number of thioether (sulfide) groups is 1. The molecular weight excluding hydrogens is 168 g/mol. The van der Waals surface area contributed by atoms with E-state index in [1.165, 1.54) is 12.3 Å². The fourth-order valence-corrected chi connectivity index (χ4v) is 1.93. The summed E-state index contributed by atoms with van der Waals surface area (Å²) in [5.74, 6) is 2.30. The smallest absolute Gasteiger partial charge is 0.0101 e. The van der Waals surface area contributed by atoms with Crippen LogP contribution in [0.2, 0.25) is 0 Å². The van der Waals surface area contributed by atoms with E-state index < -0.39 is 0 Å². The van der Waals surface area contributed by atoms with Crippen molar-refractivity contribution in [3.05, 3.63) is 0 Å². The SMILES string of the molecule is CCN(CC)CCSC[C@@H](C)N. The summed E-state index contributed by atoms with van der Waals surface area (Å²) in [6.07, 6.45) is 0. The zero-order chi connectivity index (χ0) is 9.40. The van der Waals surface area contributed by atoms with E-state index in [2.05, 4.69) is 25.7 Å². The minimum atomic E-state index is 0.340. The lowest BCUT2D eigenvalue weighted by Crippen LogP contribution is -2.26. The van der Waals surface area contributed by atoms with E-state index in [0.29, 0.717) is 6.04 Å². The fraction of sp³-hybridized carbons (Fsp3) is 1.00. The molecule has 0 radical (unpaired) electrons. The Kier molecular flexibility index (Phi) is 8.07. The van der Waals surface area contributed by atoms with Crippen LogP contribution >= 0.6 is 11.8 Å². The van der Waals surface area contributed by atoms with Gasteiger partial charge in [0.1, 0.15) is 0 Å². The third kappa shape index (κ3) is 6.95. The van der Waals surface area contributed by atoms with Gasteiger partial charge < -0.3 is 10.6 Å². The molecule has 0 saturated carbocycles. The summed E-state index contributed by atoms with van der Waals surface area (Å²) in [5, 5.41) is 0. The van der Waals surface area contributed by atoms with Crippen molar-refractivity contribution in [1.82, 2.24) is 4.90 Å². The average Bonchev–Trinajstić information content (AvgIpc) is 2.04. The molecule has 0 saturated heterocycles. The average molecular weight is 190 g/mol. The van der Waals surface area contributed by atoms with Gasteiger partial charge in [0, 0.05) is 24.1 Å². The minimum Gasteiger partial charge on any atom is -0.327 e. The van der Waals surface area contributed by atoms with Crippen LogP contribution in [0.25, 0.3) is 0 Å². The third-order valence-electron chi connectivity index (χ3n) is 1.83. The van der Waals surface area contributed by atoms with E-state index in [1.807, 2.05) is 11.8 Å². The topological polar surface area (TPSA) is 29.3 Å². The largest absolute Gasteiger partial charge is 0.327 e. The Bertz CT molecular complexity index is 92.5. The molecule has 2 nitrogen and oxygen atoms in total. The number of rotatable bonds is 7. The summed E-state index contributed by atoms with van der Waals surface area (Å²) in [6.45, 7) is 10.00. The van der Waals surface area contributed by atoms with Gasteiger partial charge in [0.05, 0.1) is 0 Å². The van der Waals surface area contributed by atoms with Crippen LogP contribution in [-0.2, 0) is 0 Å². The van der Waals surface area contributed by atoms with Gasteiger partial charge in [-0.15, -0.1) is 0 Å². The second-order valence-corrected chi connectivity index (χ2v) is 4.23. The normalized spacial score (nSPS) is 13.8. The van der Waals surface area contributed by atoms with Crippen molar-refractivity contribution in [1.29, 1.82) is 0 Å². The van der Waals surface area contributed by atoms with Crippen LogP contribution in [0, 0.1) is 0 Å². The molecule has 0 bridgehead atoms. The standard InChI is InChI=1S/C9H22N2S/c1-4-11(5-2)6-7-12-8-9(3)10/h9H,4-8,10H2,1-3H3/t9-/m1/s1. The molecule has 2 N–H and O–H groups in total. The molecule has 0 aromatic carbocycles. The van der Waals surface area contributed by atoms with E-state index in [-0.39, 0.29) is 0 Å². The molecule has 0 unspecified atom stereocenters. The van der Waals surface area contributed by atoms with Crippen LogP contribution < -0.4 is 5.73 Å². The Balaban J connectivity index is 3.17. The quantitative estimate of drug-likeness (QED) is 0.616. The summed E-state index contributed by atoms with van der Waals surface area (Å²) in [4.78, 5) is 2.44. The predicted molar refractivity (Wildman–Crippen MR) is 58.8 cm³/mol. The van der Waals surface area contributed by atoms with Gasteiger partial charge in [-0.05, 0) is 20.0 Å². The lowest BCUT2D eigenvalue weighted by atomic mass is 10.4. The zero-order valence-corrected chi connectivity index (χ0v) is 9.36. The minimum absolute atomic E-state index is 0.340. The fourth-order valence-electron chi connectivity index (χ4n) is 1.00. The molecule has 0 heterocycles. The molecule has 12 heavy (non-hydrogen) atoms. The van der Waals surface area contributed by atoms with Crippen LogP contribution in [0.3, 0.4) is 0 Å². The van der Waals surface area contributed by atoms with E-state index in [0.717, 1.165) is 18.8 Å². The number of hydrogen-bond donors (Lipinski definition) is 1. The highest BCUT2D eigenvalue weighted by Crippen LogP contribution is 2.02. The van der Waals surface area contributed by atoms with Crippen LogP contribution in [0.15, 0.2) is 0 Å². The van der Waals surface area contributed by atoms with Crippen molar-refractivity contribution in [3.8, 4) is 0 Å². The predicted octanol–water partition coefficient (Wildman–Crippen LogP) is 1.41. The highest BCUT2D eigenvalue weighted by atomic mass is 32.2. The van der Waals surface area contributed by atoms with Gasteiger partial charge in [-0.1, -0.05) is 13.8 Å². The molecule has 0 spiro atoms. The van der Waals surface area contributed by atoms with Gasteiger partial charge >= 0.3 is 0 Å². The highest BCUT2D eigenvalue weighted by molar-refractivity contribution is 7.99. The summed E-state index contributed by atoms with van der Waals surface area (Å²) in [7, 11) is 0. The van der Waals surface area contributed by atoms with Crippen LogP contribution in [-0.4, -0.2) is 42.1 Å². The van der Waals surface area contributed by atoms with Gasteiger partial charge in [-0.3, -0.25) is 0 Å². The van der Waals surface area contributed by atoms with Crippen LogP contribution in [0.4, 0.5) is 0 Å². The molecular formula is C9H22N2S. The van der Waals surface area contributed by atoms with E-state index in [1.54, 1.807) is 0 Å². The van der Waals surface area contributed by atoms with Crippen molar-refractivity contribution in [2.75, 3.05) is 31.1 Å². The lowest BCUT2D eigenvalue weighted by Gasteiger charge is -2.17. The van der Waals surface area contributed by atoms with Crippen molar-refractivity contribution in [2.24, 2.45) is 5.73 Å². The van der Waals surface area contributed by atoms with Crippen molar-refractivity contribution in [3.63, 3.8) is 0 Å². The van der Waals surface area contributed by atoms with Gasteiger partial charge in [-0.2, -0.15) is 11.8 Å². The maximum atomic E-state index is 5.64. The Labute approximate surface area is 80.9 Å². The Morgan fingerprint density at radius 2 is 1.92 bits per heavy atom. The Morgan fingerprint density at radius 1 is 1.33 bits per heavy atom. The first kappa shape index (κ1) is 12.3. The molecule has 0 rings (SSSR count). The van der Waals surface area contributed by atoms with E-state index in [9.17, 15) is 0 Å². The highest BCUT2D eigenvalue weighted by Gasteiger charge is 1.99. The maximum Gasteiger partial charge on any atom is 0.0101 e. The molecule has 0 aliphatic carbocycles. The Hall–Kier alpha value is 0.270. The molecule has 0 fully saturated rings. The first-order valence-electron chi connectivity index (χ1n) is 4.76. The molecule has 0 amide bonds. The first-order chi connectivity index (χ1) is 5.70. The van der Waals surface area contributed by atoms with E-state index >= 15 is 0 Å². The first-order valence-corrected chi connectivity index (χ1v) is 5.91. The van der Waals surface area contributed by atoms with Crippen molar-refractivity contribution < 1.29 is 0 Å². The molecule has 0 aliphatic rings. The summed E-state index contributed by atoms with van der Waals surface area (Å²) >= 11 is 1.95. The molecule has 1 atom stereocenters. The number of nitrogens with zero attached hydrogens (tertiary/aromatic N) is 1. The van der Waals surface area contributed by atoms with Crippen molar-refractivity contribution >= 4 is 11.8 Å². The van der Waals surface area contributed by atoms with Crippen molar-refractivity contribution in [2.45, 2.75) is 26.8 Å². The summed E-state index contributed by atoms with van der Waals surface area (Å²) in [5.41, 5.74) is 5.64. The maximum absolute atomic E-state index is 5.64. The molecule has 0 aromatic rings. The zero-order valence-electron chi connectivity index (χ0n) is 8.55. The monoisotopic (exact) mass is 190 g/mol. The molecule has 3 heteroatoms.